The van der Waals surface area contributed by atoms with Gasteiger partial charge >= 0.3 is 6.03 Å². The summed E-state index contributed by atoms with van der Waals surface area (Å²) >= 11 is 6.28. The average molecular weight is 450 g/mol. The highest BCUT2D eigenvalue weighted by molar-refractivity contribution is 6.31. The largest absolute Gasteiger partial charge is 0.497 e. The van der Waals surface area contributed by atoms with Crippen LogP contribution in [0.1, 0.15) is 24.1 Å². The molecule has 0 radical (unpaired) electrons. The van der Waals surface area contributed by atoms with Gasteiger partial charge in [-0.05, 0) is 48.9 Å². The van der Waals surface area contributed by atoms with E-state index < -0.39 is 36.2 Å². The van der Waals surface area contributed by atoms with Crippen LogP contribution in [-0.2, 0) is 16.2 Å². The standard InChI is InChI=1S/C21H21ClFN3O5/c1-12(25-10-20(28)26(21(25)29)9-19(24)27)16-7-13(23)8-18(22)17(16)11-31-15-5-3-14(30-2)4-6-15/h3-8,12H,9-11H2,1-2H3,(H2,24,27). The van der Waals surface area contributed by atoms with E-state index in [1.165, 1.54) is 11.0 Å². The Kier molecular flexibility index (Phi) is 6.65. The van der Waals surface area contributed by atoms with Gasteiger partial charge in [0, 0.05) is 5.56 Å². The minimum atomic E-state index is -0.807. The Labute approximate surface area is 183 Å². The summed E-state index contributed by atoms with van der Waals surface area (Å²) in [7, 11) is 1.55. The smallest absolute Gasteiger partial charge is 0.328 e. The summed E-state index contributed by atoms with van der Waals surface area (Å²) < 4.78 is 25.0. The molecular weight excluding hydrogens is 429 g/mol. The Morgan fingerprint density at radius 3 is 2.48 bits per heavy atom. The number of urea groups is 1. The Hall–Kier alpha value is -3.33. The van der Waals surface area contributed by atoms with E-state index in [1.807, 2.05) is 0 Å². The fraction of sp³-hybridized carbons (Fsp3) is 0.286. The first kappa shape index (κ1) is 22.4. The Bertz CT molecular complexity index is 1010. The first-order chi connectivity index (χ1) is 14.7. The first-order valence-electron chi connectivity index (χ1n) is 9.35. The number of ether oxygens (including phenoxy) is 2. The van der Waals surface area contributed by atoms with E-state index in [0.29, 0.717) is 22.6 Å². The summed E-state index contributed by atoms with van der Waals surface area (Å²) in [5, 5.41) is 0.127. The van der Waals surface area contributed by atoms with Crippen molar-refractivity contribution in [2.45, 2.75) is 19.6 Å². The van der Waals surface area contributed by atoms with E-state index in [4.69, 9.17) is 26.8 Å². The molecule has 4 amide bonds. The maximum Gasteiger partial charge on any atom is 0.328 e. The number of carbonyl (C=O) groups is 3. The predicted octanol–water partition coefficient (Wildman–Crippen LogP) is 2.88. The van der Waals surface area contributed by atoms with Crippen LogP contribution in [0.4, 0.5) is 9.18 Å². The number of nitrogens with two attached hydrogens (primary N) is 1. The van der Waals surface area contributed by atoms with Gasteiger partial charge in [0.2, 0.25) is 5.91 Å². The minimum absolute atomic E-state index is 0.00604. The molecule has 1 fully saturated rings. The lowest BCUT2D eigenvalue weighted by atomic mass is 10.0. The molecule has 10 heteroatoms. The molecule has 1 saturated heterocycles. The number of methoxy groups -OCH3 is 1. The monoisotopic (exact) mass is 449 g/mol. The van der Waals surface area contributed by atoms with Crippen LogP contribution in [0.5, 0.6) is 11.5 Å². The topological polar surface area (TPSA) is 102 Å². The zero-order chi connectivity index (χ0) is 22.7. The van der Waals surface area contributed by atoms with E-state index in [1.54, 1.807) is 38.3 Å². The fourth-order valence-corrected chi connectivity index (χ4v) is 3.59. The van der Waals surface area contributed by atoms with E-state index in [-0.39, 0.29) is 18.2 Å². The van der Waals surface area contributed by atoms with Crippen LogP contribution in [0.2, 0.25) is 5.02 Å². The molecule has 1 aliphatic heterocycles. The van der Waals surface area contributed by atoms with E-state index in [9.17, 15) is 18.8 Å². The number of halogens is 2. The number of rotatable bonds is 8. The first-order valence-corrected chi connectivity index (χ1v) is 9.73. The lowest BCUT2D eigenvalue weighted by Crippen LogP contribution is -2.40. The van der Waals surface area contributed by atoms with Crippen molar-refractivity contribution in [3.63, 3.8) is 0 Å². The van der Waals surface area contributed by atoms with Crippen LogP contribution >= 0.6 is 11.6 Å². The molecule has 3 rings (SSSR count). The molecule has 0 spiro atoms. The number of amides is 4. The van der Waals surface area contributed by atoms with Crippen molar-refractivity contribution < 1.29 is 28.2 Å². The summed E-state index contributed by atoms with van der Waals surface area (Å²) in [5.41, 5.74) is 5.97. The van der Waals surface area contributed by atoms with Gasteiger partial charge < -0.3 is 20.1 Å². The number of hydrogen-bond donors (Lipinski definition) is 1. The summed E-state index contributed by atoms with van der Waals surface area (Å²) in [5.74, 6) is -0.751. The summed E-state index contributed by atoms with van der Waals surface area (Å²) in [6.07, 6.45) is 0. The van der Waals surface area contributed by atoms with Gasteiger partial charge in [0.25, 0.3) is 5.91 Å². The van der Waals surface area contributed by atoms with Gasteiger partial charge in [0.05, 0.1) is 18.2 Å². The van der Waals surface area contributed by atoms with Gasteiger partial charge in [-0.15, -0.1) is 0 Å². The normalized spacial score (nSPS) is 14.7. The fourth-order valence-electron chi connectivity index (χ4n) is 3.32. The highest BCUT2D eigenvalue weighted by Crippen LogP contribution is 2.33. The van der Waals surface area contributed by atoms with Crippen LogP contribution in [0.25, 0.3) is 0 Å². The Morgan fingerprint density at radius 1 is 1.23 bits per heavy atom. The molecule has 1 atom stereocenters. The Morgan fingerprint density at radius 2 is 1.87 bits per heavy atom. The minimum Gasteiger partial charge on any atom is -0.497 e. The molecule has 1 unspecified atom stereocenters. The van der Waals surface area contributed by atoms with Crippen LogP contribution < -0.4 is 15.2 Å². The van der Waals surface area contributed by atoms with Crippen LogP contribution in [0.3, 0.4) is 0 Å². The summed E-state index contributed by atoms with van der Waals surface area (Å²) in [6, 6.07) is 7.89. The average Bonchev–Trinajstić information content (AvgIpc) is 3.00. The molecule has 1 aliphatic rings. The van der Waals surface area contributed by atoms with Crippen molar-refractivity contribution in [2.75, 3.05) is 20.2 Å². The van der Waals surface area contributed by atoms with Gasteiger partial charge in [-0.3, -0.25) is 14.5 Å². The van der Waals surface area contributed by atoms with Crippen LogP contribution in [-0.4, -0.2) is 47.8 Å². The maximum absolute atomic E-state index is 14.1. The molecule has 164 valence electrons. The second kappa shape index (κ2) is 9.22. The third-order valence-corrected chi connectivity index (χ3v) is 5.29. The lowest BCUT2D eigenvalue weighted by Gasteiger charge is -2.26. The second-order valence-electron chi connectivity index (χ2n) is 6.95. The molecule has 31 heavy (non-hydrogen) atoms. The quantitative estimate of drug-likeness (QED) is 0.624. The molecule has 2 N–H and O–H groups in total. The van der Waals surface area contributed by atoms with Crippen molar-refractivity contribution in [3.05, 3.63) is 58.4 Å². The molecule has 0 bridgehead atoms. The van der Waals surface area contributed by atoms with E-state index in [2.05, 4.69) is 0 Å². The highest BCUT2D eigenvalue weighted by atomic mass is 35.5. The third-order valence-electron chi connectivity index (χ3n) is 4.95. The van der Waals surface area contributed by atoms with Gasteiger partial charge in [-0.25, -0.2) is 9.18 Å². The molecule has 0 saturated carbocycles. The number of carbonyl (C=O) groups excluding carboxylic acids is 3. The van der Waals surface area contributed by atoms with Gasteiger partial charge in [-0.2, -0.15) is 0 Å². The number of hydrogen-bond acceptors (Lipinski definition) is 5. The second-order valence-corrected chi connectivity index (χ2v) is 7.36. The molecule has 1 heterocycles. The molecule has 2 aromatic rings. The predicted molar refractivity (Wildman–Crippen MR) is 110 cm³/mol. The highest BCUT2D eigenvalue weighted by Gasteiger charge is 2.40. The maximum atomic E-state index is 14.1. The molecule has 0 aliphatic carbocycles. The molecule has 8 nitrogen and oxygen atoms in total. The number of benzene rings is 2. The van der Waals surface area contributed by atoms with Crippen molar-refractivity contribution in [3.8, 4) is 11.5 Å². The summed E-state index contributed by atoms with van der Waals surface area (Å²) in [6.45, 7) is 0.867. The number of imide groups is 1. The number of primary amides is 1. The molecule has 2 aromatic carbocycles. The van der Waals surface area contributed by atoms with Gasteiger partial charge in [-0.1, -0.05) is 11.6 Å². The third kappa shape index (κ3) is 4.88. The van der Waals surface area contributed by atoms with Gasteiger partial charge in [0.15, 0.2) is 0 Å². The van der Waals surface area contributed by atoms with Gasteiger partial charge in [0.1, 0.15) is 37.0 Å². The van der Waals surface area contributed by atoms with Crippen molar-refractivity contribution >= 4 is 29.4 Å². The summed E-state index contributed by atoms with van der Waals surface area (Å²) in [4.78, 5) is 38.0. The van der Waals surface area contributed by atoms with Crippen molar-refractivity contribution in [1.29, 1.82) is 0 Å². The van der Waals surface area contributed by atoms with Crippen LogP contribution in [0.15, 0.2) is 36.4 Å². The van der Waals surface area contributed by atoms with E-state index in [0.717, 1.165) is 11.0 Å². The molecular formula is C21H21ClFN3O5. The van der Waals surface area contributed by atoms with E-state index >= 15 is 0 Å². The zero-order valence-electron chi connectivity index (χ0n) is 16.9. The Balaban J connectivity index is 1.85. The van der Waals surface area contributed by atoms with Crippen molar-refractivity contribution in [1.82, 2.24) is 9.80 Å². The lowest BCUT2D eigenvalue weighted by molar-refractivity contribution is -0.129. The molecule has 0 aromatic heterocycles. The van der Waals surface area contributed by atoms with Crippen molar-refractivity contribution in [2.24, 2.45) is 5.73 Å². The van der Waals surface area contributed by atoms with Crippen LogP contribution in [0, 0.1) is 5.82 Å². The number of nitrogens with zero attached hydrogens (tertiary/aromatic N) is 2. The SMILES string of the molecule is COc1ccc(OCc2c(Cl)cc(F)cc2C(C)N2CC(=O)N(CC(N)=O)C2=O)cc1. The zero-order valence-corrected chi connectivity index (χ0v) is 17.7.